The molecule has 110 valence electrons. The van der Waals surface area contributed by atoms with Crippen molar-refractivity contribution < 1.29 is 4.92 Å². The van der Waals surface area contributed by atoms with Gasteiger partial charge in [-0.3, -0.25) is 10.1 Å². The Labute approximate surface area is 136 Å². The summed E-state index contributed by atoms with van der Waals surface area (Å²) < 4.78 is 2.75. The van der Waals surface area contributed by atoms with Gasteiger partial charge in [-0.05, 0) is 23.3 Å². The standard InChI is InChI=1S/C17H13BrN2O2/c18-15-8-4-7-14(9-15)16-11-19(12-17(16)20(21)22)10-13-5-2-1-3-6-13/h1-9,11-12H,10H2. The van der Waals surface area contributed by atoms with Gasteiger partial charge in [-0.25, -0.2) is 0 Å². The van der Waals surface area contributed by atoms with Crippen molar-refractivity contribution in [2.75, 3.05) is 0 Å². The summed E-state index contributed by atoms with van der Waals surface area (Å²) in [6, 6.07) is 17.4. The number of benzene rings is 2. The predicted octanol–water partition coefficient (Wildman–Crippen LogP) is 4.87. The van der Waals surface area contributed by atoms with Gasteiger partial charge in [0.25, 0.3) is 5.69 Å². The van der Waals surface area contributed by atoms with E-state index < -0.39 is 0 Å². The average molecular weight is 357 g/mol. The Kier molecular flexibility index (Phi) is 4.06. The highest BCUT2D eigenvalue weighted by molar-refractivity contribution is 9.10. The molecule has 2 aromatic carbocycles. The summed E-state index contributed by atoms with van der Waals surface area (Å²) in [7, 11) is 0. The van der Waals surface area contributed by atoms with Crippen molar-refractivity contribution in [3.63, 3.8) is 0 Å². The fourth-order valence-electron chi connectivity index (χ4n) is 2.41. The molecule has 0 fully saturated rings. The van der Waals surface area contributed by atoms with Crippen LogP contribution in [0, 0.1) is 10.1 Å². The van der Waals surface area contributed by atoms with E-state index in [-0.39, 0.29) is 10.6 Å². The maximum absolute atomic E-state index is 11.3. The summed E-state index contributed by atoms with van der Waals surface area (Å²) in [5, 5.41) is 11.3. The minimum atomic E-state index is -0.336. The molecule has 0 aliphatic carbocycles. The van der Waals surface area contributed by atoms with Gasteiger partial charge in [0.05, 0.1) is 16.7 Å². The molecule has 0 aliphatic heterocycles. The monoisotopic (exact) mass is 356 g/mol. The zero-order valence-corrected chi connectivity index (χ0v) is 13.2. The number of hydrogen-bond donors (Lipinski definition) is 0. The lowest BCUT2D eigenvalue weighted by molar-refractivity contribution is -0.384. The molecule has 0 saturated carbocycles. The van der Waals surface area contributed by atoms with E-state index in [1.54, 1.807) is 6.20 Å². The van der Waals surface area contributed by atoms with Gasteiger partial charge >= 0.3 is 0 Å². The van der Waals surface area contributed by atoms with E-state index in [9.17, 15) is 10.1 Å². The third-order valence-electron chi connectivity index (χ3n) is 3.40. The molecule has 0 aliphatic rings. The lowest BCUT2D eigenvalue weighted by atomic mass is 10.1. The van der Waals surface area contributed by atoms with Crippen LogP contribution in [0.2, 0.25) is 0 Å². The second-order valence-electron chi connectivity index (χ2n) is 4.98. The molecule has 0 radical (unpaired) electrons. The Balaban J connectivity index is 2.01. The second-order valence-corrected chi connectivity index (χ2v) is 5.90. The molecular formula is C17H13BrN2O2. The number of hydrogen-bond acceptors (Lipinski definition) is 2. The topological polar surface area (TPSA) is 48.1 Å². The minimum absolute atomic E-state index is 0.119. The van der Waals surface area contributed by atoms with Crippen molar-refractivity contribution in [3.05, 3.63) is 87.1 Å². The van der Waals surface area contributed by atoms with Crippen LogP contribution >= 0.6 is 15.9 Å². The van der Waals surface area contributed by atoms with E-state index in [1.807, 2.05) is 65.4 Å². The third kappa shape index (κ3) is 3.09. The lowest BCUT2D eigenvalue weighted by Crippen LogP contribution is -1.95. The molecule has 1 heterocycles. The van der Waals surface area contributed by atoms with Crippen LogP contribution in [0.3, 0.4) is 0 Å². The first-order valence-electron chi connectivity index (χ1n) is 6.77. The maximum atomic E-state index is 11.3. The quantitative estimate of drug-likeness (QED) is 0.494. The van der Waals surface area contributed by atoms with Crippen molar-refractivity contribution in [2.45, 2.75) is 6.54 Å². The first kappa shape index (κ1) is 14.5. The van der Waals surface area contributed by atoms with Crippen LogP contribution in [0.15, 0.2) is 71.5 Å². The van der Waals surface area contributed by atoms with Crippen molar-refractivity contribution in [1.82, 2.24) is 4.57 Å². The van der Waals surface area contributed by atoms with Gasteiger partial charge in [-0.2, -0.15) is 0 Å². The largest absolute Gasteiger partial charge is 0.343 e. The van der Waals surface area contributed by atoms with E-state index in [0.29, 0.717) is 12.1 Å². The molecular weight excluding hydrogens is 344 g/mol. The maximum Gasteiger partial charge on any atom is 0.294 e. The van der Waals surface area contributed by atoms with Crippen LogP contribution in [0.4, 0.5) is 5.69 Å². The highest BCUT2D eigenvalue weighted by Crippen LogP contribution is 2.32. The molecule has 5 heteroatoms. The molecule has 0 unspecified atom stereocenters. The zero-order chi connectivity index (χ0) is 15.5. The van der Waals surface area contributed by atoms with Crippen LogP contribution in [-0.2, 0) is 6.54 Å². The van der Waals surface area contributed by atoms with Crippen LogP contribution in [-0.4, -0.2) is 9.49 Å². The summed E-state index contributed by atoms with van der Waals surface area (Å²) in [6.07, 6.45) is 3.41. The number of halogens is 1. The van der Waals surface area contributed by atoms with E-state index in [1.165, 1.54) is 0 Å². The van der Waals surface area contributed by atoms with Crippen LogP contribution in [0.5, 0.6) is 0 Å². The van der Waals surface area contributed by atoms with Crippen molar-refractivity contribution in [2.24, 2.45) is 0 Å². The molecule has 0 spiro atoms. The second kappa shape index (κ2) is 6.15. The fourth-order valence-corrected chi connectivity index (χ4v) is 2.80. The summed E-state index contributed by atoms with van der Waals surface area (Å²) in [6.45, 7) is 0.607. The van der Waals surface area contributed by atoms with Gasteiger partial charge in [0, 0.05) is 17.2 Å². The predicted molar refractivity (Wildman–Crippen MR) is 89.8 cm³/mol. The Morgan fingerprint density at radius 1 is 1.05 bits per heavy atom. The normalized spacial score (nSPS) is 10.6. The Bertz CT molecular complexity index is 813. The van der Waals surface area contributed by atoms with Gasteiger partial charge in [0.2, 0.25) is 0 Å². The molecule has 4 nitrogen and oxygen atoms in total. The molecule has 3 rings (SSSR count). The number of nitrogens with zero attached hydrogens (tertiary/aromatic N) is 2. The summed E-state index contributed by atoms with van der Waals surface area (Å²) >= 11 is 3.40. The lowest BCUT2D eigenvalue weighted by Gasteiger charge is -2.02. The van der Waals surface area contributed by atoms with E-state index in [4.69, 9.17) is 0 Å². The first-order valence-corrected chi connectivity index (χ1v) is 7.57. The van der Waals surface area contributed by atoms with Crippen molar-refractivity contribution >= 4 is 21.6 Å². The summed E-state index contributed by atoms with van der Waals surface area (Å²) in [4.78, 5) is 11.0. The average Bonchev–Trinajstić information content (AvgIpc) is 2.92. The van der Waals surface area contributed by atoms with E-state index in [2.05, 4.69) is 15.9 Å². The van der Waals surface area contributed by atoms with Crippen LogP contribution < -0.4 is 0 Å². The minimum Gasteiger partial charge on any atom is -0.343 e. The SMILES string of the molecule is O=[N+]([O-])c1cn(Cc2ccccc2)cc1-c1cccc(Br)c1. The molecule has 1 aromatic heterocycles. The van der Waals surface area contributed by atoms with Crippen molar-refractivity contribution in [3.8, 4) is 11.1 Å². The molecule has 0 amide bonds. The van der Waals surface area contributed by atoms with Crippen molar-refractivity contribution in [1.29, 1.82) is 0 Å². The summed E-state index contributed by atoms with van der Waals surface area (Å²) in [5.41, 5.74) is 2.68. The number of nitro groups is 1. The number of aromatic nitrogens is 1. The number of rotatable bonds is 4. The molecule has 0 saturated heterocycles. The van der Waals surface area contributed by atoms with Gasteiger partial charge in [-0.15, -0.1) is 0 Å². The zero-order valence-electron chi connectivity index (χ0n) is 11.6. The van der Waals surface area contributed by atoms with E-state index in [0.717, 1.165) is 15.6 Å². The summed E-state index contributed by atoms with van der Waals surface area (Å²) in [5.74, 6) is 0. The molecule has 22 heavy (non-hydrogen) atoms. The van der Waals surface area contributed by atoms with E-state index >= 15 is 0 Å². The highest BCUT2D eigenvalue weighted by Gasteiger charge is 2.19. The molecule has 3 aromatic rings. The first-order chi connectivity index (χ1) is 10.6. The van der Waals surface area contributed by atoms with Gasteiger partial charge in [0.1, 0.15) is 0 Å². The van der Waals surface area contributed by atoms with Crippen LogP contribution in [0.25, 0.3) is 11.1 Å². The van der Waals surface area contributed by atoms with Gasteiger partial charge in [0.15, 0.2) is 0 Å². The van der Waals surface area contributed by atoms with Crippen LogP contribution in [0.1, 0.15) is 5.56 Å². The Hall–Kier alpha value is -2.40. The van der Waals surface area contributed by atoms with Gasteiger partial charge in [-0.1, -0.05) is 58.4 Å². The molecule has 0 atom stereocenters. The Morgan fingerprint density at radius 3 is 2.50 bits per heavy atom. The fraction of sp³-hybridized carbons (Fsp3) is 0.0588. The Morgan fingerprint density at radius 2 is 1.82 bits per heavy atom. The third-order valence-corrected chi connectivity index (χ3v) is 3.89. The smallest absolute Gasteiger partial charge is 0.294 e. The van der Waals surface area contributed by atoms with Gasteiger partial charge < -0.3 is 4.57 Å². The molecule has 0 N–H and O–H groups in total. The molecule has 0 bridgehead atoms. The highest BCUT2D eigenvalue weighted by atomic mass is 79.9.